The molecule has 0 amide bonds. The van der Waals surface area contributed by atoms with E-state index in [-0.39, 0.29) is 22.0 Å². The third kappa shape index (κ3) is 6.29. The monoisotopic (exact) mass is 430 g/mol. The molecular weight excluding hydrogens is 408 g/mol. The van der Waals surface area contributed by atoms with E-state index in [0.717, 1.165) is 6.26 Å². The van der Waals surface area contributed by atoms with Gasteiger partial charge in [0.15, 0.2) is 0 Å². The lowest BCUT2D eigenvalue weighted by Crippen LogP contribution is -2.14. The molecule has 9 nitrogen and oxygen atoms in total. The molecule has 0 heterocycles. The number of benzene rings is 2. The summed E-state index contributed by atoms with van der Waals surface area (Å²) < 4.78 is 68.2. The van der Waals surface area contributed by atoms with Crippen LogP contribution >= 0.6 is 0 Å². The van der Waals surface area contributed by atoms with Crippen LogP contribution in [-0.4, -0.2) is 50.5 Å². The molecule has 2 aromatic carbocycles. The maximum Gasteiger partial charge on any atom is 0.261 e. The lowest BCUT2D eigenvalue weighted by atomic mass is 10.2. The summed E-state index contributed by atoms with van der Waals surface area (Å²) in [4.78, 5) is 0.0278. The molecule has 0 atom stereocenters. The standard InChI is InChI=1S/C17H22N2O7S2/c1-24-10-11-26-14-5-7-15(8-6-14)28(22,23)18-13-4-9-17(25-2)16(12-13)19-27(3,20)21/h4-9,12,18-19H,10-11H2,1-3H3. The minimum absolute atomic E-state index is 0.0278. The average molecular weight is 431 g/mol. The summed E-state index contributed by atoms with van der Waals surface area (Å²) in [5.74, 6) is 0.769. The summed E-state index contributed by atoms with van der Waals surface area (Å²) in [6.45, 7) is 0.770. The van der Waals surface area contributed by atoms with Gasteiger partial charge in [-0.1, -0.05) is 0 Å². The molecule has 0 aliphatic carbocycles. The summed E-state index contributed by atoms with van der Waals surface area (Å²) in [6.07, 6.45) is 0.986. The summed E-state index contributed by atoms with van der Waals surface area (Å²) in [5.41, 5.74) is 0.291. The number of methoxy groups -OCH3 is 2. The summed E-state index contributed by atoms with van der Waals surface area (Å²) in [7, 11) is -4.52. The number of hydrogen-bond acceptors (Lipinski definition) is 7. The third-order valence-corrected chi connectivity index (χ3v) is 5.43. The number of anilines is 2. The largest absolute Gasteiger partial charge is 0.495 e. The van der Waals surface area contributed by atoms with Crippen LogP contribution in [0.5, 0.6) is 11.5 Å². The van der Waals surface area contributed by atoms with E-state index in [1.54, 1.807) is 7.11 Å². The van der Waals surface area contributed by atoms with Crippen molar-refractivity contribution in [2.45, 2.75) is 4.90 Å². The highest BCUT2D eigenvalue weighted by Crippen LogP contribution is 2.30. The van der Waals surface area contributed by atoms with Gasteiger partial charge < -0.3 is 14.2 Å². The quantitative estimate of drug-likeness (QED) is 0.552. The molecule has 0 aliphatic rings. The molecule has 0 saturated heterocycles. The molecule has 0 bridgehead atoms. The van der Waals surface area contributed by atoms with Crippen LogP contribution in [0.4, 0.5) is 11.4 Å². The van der Waals surface area contributed by atoms with E-state index in [0.29, 0.717) is 19.0 Å². The second kappa shape index (κ2) is 9.13. The van der Waals surface area contributed by atoms with Gasteiger partial charge in [-0.25, -0.2) is 16.8 Å². The number of rotatable bonds is 10. The van der Waals surface area contributed by atoms with Crippen LogP contribution in [0.15, 0.2) is 47.4 Å². The normalized spacial score (nSPS) is 11.7. The van der Waals surface area contributed by atoms with Crippen molar-refractivity contribution in [3.05, 3.63) is 42.5 Å². The van der Waals surface area contributed by atoms with Crippen molar-refractivity contribution in [2.75, 3.05) is 43.1 Å². The number of nitrogens with one attached hydrogen (secondary N) is 2. The zero-order chi connectivity index (χ0) is 20.8. The first-order valence-electron chi connectivity index (χ1n) is 8.05. The van der Waals surface area contributed by atoms with Gasteiger partial charge >= 0.3 is 0 Å². The molecule has 2 N–H and O–H groups in total. The first-order chi connectivity index (χ1) is 13.1. The van der Waals surface area contributed by atoms with Crippen LogP contribution in [0, 0.1) is 0 Å². The fraction of sp³-hybridized carbons (Fsp3) is 0.294. The van der Waals surface area contributed by atoms with Crippen molar-refractivity contribution in [3.63, 3.8) is 0 Å². The topological polar surface area (TPSA) is 120 Å². The molecule has 11 heteroatoms. The van der Waals surface area contributed by atoms with E-state index in [4.69, 9.17) is 14.2 Å². The number of hydrogen-bond donors (Lipinski definition) is 2. The molecule has 2 aromatic rings. The third-order valence-electron chi connectivity index (χ3n) is 3.44. The van der Waals surface area contributed by atoms with Crippen LogP contribution in [0.25, 0.3) is 0 Å². The van der Waals surface area contributed by atoms with Gasteiger partial charge in [0.1, 0.15) is 18.1 Å². The molecule has 0 saturated carbocycles. The Bertz CT molecular complexity index is 1000. The maximum atomic E-state index is 12.6. The maximum absolute atomic E-state index is 12.6. The zero-order valence-corrected chi connectivity index (χ0v) is 17.3. The van der Waals surface area contributed by atoms with E-state index < -0.39 is 20.0 Å². The van der Waals surface area contributed by atoms with Crippen LogP contribution in [0.3, 0.4) is 0 Å². The molecule has 28 heavy (non-hydrogen) atoms. The highest BCUT2D eigenvalue weighted by molar-refractivity contribution is 7.92. The second-order valence-corrected chi connectivity index (χ2v) is 9.14. The Kier molecular flexibility index (Phi) is 7.11. The molecule has 0 fully saturated rings. The van der Waals surface area contributed by atoms with Crippen molar-refractivity contribution in [2.24, 2.45) is 0 Å². The van der Waals surface area contributed by atoms with Crippen LogP contribution in [0.2, 0.25) is 0 Å². The van der Waals surface area contributed by atoms with E-state index in [1.807, 2.05) is 0 Å². The number of sulfonamides is 2. The van der Waals surface area contributed by atoms with Crippen molar-refractivity contribution in [3.8, 4) is 11.5 Å². The lowest BCUT2D eigenvalue weighted by molar-refractivity contribution is 0.146. The molecule has 0 radical (unpaired) electrons. The van der Waals surface area contributed by atoms with Crippen molar-refractivity contribution < 1.29 is 31.0 Å². The van der Waals surface area contributed by atoms with E-state index in [1.165, 1.54) is 49.6 Å². The Morgan fingerprint density at radius 3 is 2.14 bits per heavy atom. The smallest absolute Gasteiger partial charge is 0.261 e. The fourth-order valence-electron chi connectivity index (χ4n) is 2.22. The highest BCUT2D eigenvalue weighted by atomic mass is 32.2. The second-order valence-electron chi connectivity index (χ2n) is 5.71. The summed E-state index contributed by atoms with van der Waals surface area (Å²) in [5, 5.41) is 0. The molecule has 2 rings (SSSR count). The molecule has 0 unspecified atom stereocenters. The van der Waals surface area contributed by atoms with Crippen molar-refractivity contribution in [1.29, 1.82) is 0 Å². The van der Waals surface area contributed by atoms with Gasteiger partial charge in [0.2, 0.25) is 10.0 Å². The minimum atomic E-state index is -3.88. The fourth-order valence-corrected chi connectivity index (χ4v) is 3.83. The Labute approximate surface area is 164 Å². The summed E-state index contributed by atoms with van der Waals surface area (Å²) >= 11 is 0. The average Bonchev–Trinajstić information content (AvgIpc) is 2.61. The van der Waals surface area contributed by atoms with E-state index in [2.05, 4.69) is 9.44 Å². The Hall–Kier alpha value is -2.50. The Morgan fingerprint density at radius 2 is 1.57 bits per heavy atom. The highest BCUT2D eigenvalue weighted by Gasteiger charge is 2.16. The van der Waals surface area contributed by atoms with Gasteiger partial charge in [-0.15, -0.1) is 0 Å². The predicted octanol–water partition coefficient (Wildman–Crippen LogP) is 1.89. The van der Waals surface area contributed by atoms with Gasteiger partial charge in [0, 0.05) is 7.11 Å². The molecule has 0 aromatic heterocycles. The SMILES string of the molecule is COCCOc1ccc(S(=O)(=O)Nc2ccc(OC)c(NS(C)(=O)=O)c2)cc1. The van der Waals surface area contributed by atoms with Crippen molar-refractivity contribution >= 4 is 31.4 Å². The lowest BCUT2D eigenvalue weighted by Gasteiger charge is -2.13. The van der Waals surface area contributed by atoms with Gasteiger partial charge in [-0.05, 0) is 42.5 Å². The van der Waals surface area contributed by atoms with Crippen LogP contribution in [-0.2, 0) is 24.8 Å². The van der Waals surface area contributed by atoms with E-state index in [9.17, 15) is 16.8 Å². The molecule has 0 aliphatic heterocycles. The Balaban J connectivity index is 2.20. The minimum Gasteiger partial charge on any atom is -0.495 e. The molecular formula is C17H22N2O7S2. The zero-order valence-electron chi connectivity index (χ0n) is 15.6. The van der Waals surface area contributed by atoms with Crippen LogP contribution in [0.1, 0.15) is 0 Å². The first-order valence-corrected chi connectivity index (χ1v) is 11.4. The van der Waals surface area contributed by atoms with E-state index >= 15 is 0 Å². The first kappa shape index (κ1) is 21.8. The molecule has 154 valence electrons. The van der Waals surface area contributed by atoms with Gasteiger partial charge in [-0.3, -0.25) is 9.44 Å². The van der Waals surface area contributed by atoms with Crippen molar-refractivity contribution in [1.82, 2.24) is 0 Å². The summed E-state index contributed by atoms with van der Waals surface area (Å²) in [6, 6.07) is 10.1. The van der Waals surface area contributed by atoms with Gasteiger partial charge in [0.05, 0.1) is 36.2 Å². The van der Waals surface area contributed by atoms with Crippen LogP contribution < -0.4 is 18.9 Å². The van der Waals surface area contributed by atoms with Gasteiger partial charge in [0.25, 0.3) is 10.0 Å². The predicted molar refractivity (Wildman–Crippen MR) is 106 cm³/mol. The number of ether oxygens (including phenoxy) is 3. The Morgan fingerprint density at radius 1 is 0.893 bits per heavy atom. The van der Waals surface area contributed by atoms with Gasteiger partial charge in [-0.2, -0.15) is 0 Å². The molecule has 0 spiro atoms.